The average molecular weight is 272 g/mol. The van der Waals surface area contributed by atoms with Gasteiger partial charge in [-0.1, -0.05) is 0 Å². The summed E-state index contributed by atoms with van der Waals surface area (Å²) >= 11 is 0. The summed E-state index contributed by atoms with van der Waals surface area (Å²) in [6.07, 6.45) is 0. The molecule has 0 radical (unpaired) electrons. The first-order valence-electron chi connectivity index (χ1n) is 5.59. The zero-order chi connectivity index (χ0) is 13.9. The number of hydrogen-bond donors (Lipinski definition) is 2. The predicted molar refractivity (Wildman–Crippen MR) is 70.0 cm³/mol. The SMILES string of the molecule is CC(C)NC(=O)C(C)S(=O)c1ccc(N)cc1F. The molecule has 1 rings (SSSR count). The van der Waals surface area contributed by atoms with Gasteiger partial charge in [-0.2, -0.15) is 0 Å². The van der Waals surface area contributed by atoms with Crippen LogP contribution in [-0.2, 0) is 15.6 Å². The molecule has 100 valence electrons. The van der Waals surface area contributed by atoms with E-state index in [-0.39, 0.29) is 22.5 Å². The Labute approximate surface area is 108 Å². The molecule has 1 amide bonds. The van der Waals surface area contributed by atoms with E-state index in [2.05, 4.69) is 5.32 Å². The lowest BCUT2D eigenvalue weighted by Crippen LogP contribution is -2.39. The molecule has 6 heteroatoms. The van der Waals surface area contributed by atoms with Crippen molar-refractivity contribution >= 4 is 22.4 Å². The third-order valence-electron chi connectivity index (χ3n) is 2.29. The molecule has 0 saturated carbocycles. The Morgan fingerprint density at radius 2 is 2.00 bits per heavy atom. The second-order valence-electron chi connectivity index (χ2n) is 4.29. The lowest BCUT2D eigenvalue weighted by atomic mass is 10.3. The minimum absolute atomic E-state index is 0.00407. The Balaban J connectivity index is 2.90. The van der Waals surface area contributed by atoms with Crippen molar-refractivity contribution in [2.24, 2.45) is 0 Å². The van der Waals surface area contributed by atoms with E-state index in [1.807, 2.05) is 0 Å². The van der Waals surface area contributed by atoms with Gasteiger partial charge in [0.15, 0.2) is 0 Å². The molecule has 0 saturated heterocycles. The number of halogens is 1. The summed E-state index contributed by atoms with van der Waals surface area (Å²) in [5.41, 5.74) is 5.67. The van der Waals surface area contributed by atoms with E-state index in [0.29, 0.717) is 0 Å². The molecule has 0 heterocycles. The molecule has 2 unspecified atom stereocenters. The standard InChI is InChI=1S/C12H17FN2O2S/c1-7(2)15-12(16)8(3)18(17)11-5-4-9(14)6-10(11)13/h4-8H,14H2,1-3H3,(H,15,16). The molecular weight excluding hydrogens is 255 g/mol. The first-order valence-corrected chi connectivity index (χ1v) is 6.80. The Morgan fingerprint density at radius 1 is 1.39 bits per heavy atom. The second kappa shape index (κ2) is 5.95. The lowest BCUT2D eigenvalue weighted by Gasteiger charge is -2.14. The van der Waals surface area contributed by atoms with Crippen molar-refractivity contribution in [3.63, 3.8) is 0 Å². The summed E-state index contributed by atoms with van der Waals surface area (Å²) in [5.74, 6) is -1.02. The molecule has 18 heavy (non-hydrogen) atoms. The number of carbonyl (C=O) groups is 1. The number of amides is 1. The molecule has 2 atom stereocenters. The van der Waals surface area contributed by atoms with Crippen molar-refractivity contribution in [2.75, 3.05) is 5.73 Å². The van der Waals surface area contributed by atoms with Gasteiger partial charge in [-0.3, -0.25) is 9.00 Å². The van der Waals surface area contributed by atoms with E-state index in [4.69, 9.17) is 5.73 Å². The molecular formula is C12H17FN2O2S. The molecule has 0 fully saturated rings. The van der Waals surface area contributed by atoms with Gasteiger partial charge in [0.2, 0.25) is 5.91 Å². The number of hydrogen-bond acceptors (Lipinski definition) is 3. The Hall–Kier alpha value is -1.43. The van der Waals surface area contributed by atoms with Crippen LogP contribution in [0.15, 0.2) is 23.1 Å². The van der Waals surface area contributed by atoms with Gasteiger partial charge in [-0.05, 0) is 39.0 Å². The molecule has 0 aromatic heterocycles. The zero-order valence-corrected chi connectivity index (χ0v) is 11.4. The van der Waals surface area contributed by atoms with E-state index in [0.717, 1.165) is 6.07 Å². The number of nitrogens with two attached hydrogens (primary N) is 1. The Morgan fingerprint density at radius 3 is 2.50 bits per heavy atom. The highest BCUT2D eigenvalue weighted by Crippen LogP contribution is 2.18. The monoisotopic (exact) mass is 272 g/mol. The van der Waals surface area contributed by atoms with E-state index >= 15 is 0 Å². The molecule has 4 nitrogen and oxygen atoms in total. The van der Waals surface area contributed by atoms with E-state index in [1.54, 1.807) is 13.8 Å². The van der Waals surface area contributed by atoms with E-state index in [9.17, 15) is 13.4 Å². The molecule has 3 N–H and O–H groups in total. The first kappa shape index (κ1) is 14.6. The first-order chi connectivity index (χ1) is 8.32. The van der Waals surface area contributed by atoms with Crippen molar-refractivity contribution < 1.29 is 13.4 Å². The van der Waals surface area contributed by atoms with Crippen molar-refractivity contribution in [1.29, 1.82) is 0 Å². The summed E-state index contributed by atoms with van der Waals surface area (Å²) in [6.45, 7) is 5.11. The van der Waals surface area contributed by atoms with Crippen molar-refractivity contribution in [3.8, 4) is 0 Å². The van der Waals surface area contributed by atoms with Crippen molar-refractivity contribution in [2.45, 2.75) is 37.0 Å². The highest BCUT2D eigenvalue weighted by molar-refractivity contribution is 7.86. The van der Waals surface area contributed by atoms with Crippen LogP contribution < -0.4 is 11.1 Å². The third kappa shape index (κ3) is 3.53. The van der Waals surface area contributed by atoms with E-state index < -0.39 is 21.9 Å². The van der Waals surface area contributed by atoms with Gasteiger partial charge in [0.05, 0.1) is 15.7 Å². The number of benzene rings is 1. The smallest absolute Gasteiger partial charge is 0.236 e. The van der Waals surface area contributed by atoms with Gasteiger partial charge >= 0.3 is 0 Å². The quantitative estimate of drug-likeness (QED) is 0.814. The lowest BCUT2D eigenvalue weighted by molar-refractivity contribution is -0.120. The van der Waals surface area contributed by atoms with Crippen LogP contribution in [-0.4, -0.2) is 21.4 Å². The number of nitrogens with one attached hydrogen (secondary N) is 1. The number of carbonyl (C=O) groups excluding carboxylic acids is 1. The number of anilines is 1. The minimum atomic E-state index is -1.74. The van der Waals surface area contributed by atoms with Gasteiger partial charge < -0.3 is 11.1 Å². The second-order valence-corrected chi connectivity index (χ2v) is 6.03. The van der Waals surface area contributed by atoms with Gasteiger partial charge in [0.25, 0.3) is 0 Å². The van der Waals surface area contributed by atoms with Crippen LogP contribution in [0.5, 0.6) is 0 Å². The maximum atomic E-state index is 13.6. The molecule has 0 aliphatic carbocycles. The number of rotatable bonds is 4. The van der Waals surface area contributed by atoms with Gasteiger partial charge in [-0.25, -0.2) is 4.39 Å². The van der Waals surface area contributed by atoms with E-state index in [1.165, 1.54) is 19.1 Å². The van der Waals surface area contributed by atoms with Crippen molar-refractivity contribution in [3.05, 3.63) is 24.0 Å². The summed E-state index contributed by atoms with van der Waals surface area (Å²) in [6, 6.07) is 3.86. The summed E-state index contributed by atoms with van der Waals surface area (Å²) < 4.78 is 25.7. The van der Waals surface area contributed by atoms with Crippen LogP contribution >= 0.6 is 0 Å². The van der Waals surface area contributed by atoms with Crippen LogP contribution in [0.2, 0.25) is 0 Å². The Kier molecular flexibility index (Phi) is 4.84. The van der Waals surface area contributed by atoms with Gasteiger partial charge in [0, 0.05) is 11.7 Å². The highest BCUT2D eigenvalue weighted by Gasteiger charge is 2.24. The molecule has 0 aliphatic rings. The zero-order valence-electron chi connectivity index (χ0n) is 10.6. The van der Waals surface area contributed by atoms with Crippen LogP contribution in [0.25, 0.3) is 0 Å². The van der Waals surface area contributed by atoms with Crippen LogP contribution in [0.1, 0.15) is 20.8 Å². The van der Waals surface area contributed by atoms with Crippen molar-refractivity contribution in [1.82, 2.24) is 5.32 Å². The highest BCUT2D eigenvalue weighted by atomic mass is 32.2. The van der Waals surface area contributed by atoms with Crippen LogP contribution in [0.3, 0.4) is 0 Å². The summed E-state index contributed by atoms with van der Waals surface area (Å²) in [5, 5.41) is 1.83. The summed E-state index contributed by atoms with van der Waals surface area (Å²) in [7, 11) is -1.74. The van der Waals surface area contributed by atoms with Gasteiger partial charge in [-0.15, -0.1) is 0 Å². The third-order valence-corrected chi connectivity index (χ3v) is 3.91. The number of nitrogen functional groups attached to an aromatic ring is 1. The minimum Gasteiger partial charge on any atom is -0.399 e. The maximum Gasteiger partial charge on any atom is 0.236 e. The Bertz CT molecular complexity index is 477. The molecule has 1 aromatic carbocycles. The topological polar surface area (TPSA) is 72.2 Å². The normalized spacial score (nSPS) is 14.3. The maximum absolute atomic E-state index is 13.6. The molecule has 0 bridgehead atoms. The predicted octanol–water partition coefficient (Wildman–Crippen LogP) is 1.43. The van der Waals surface area contributed by atoms with Gasteiger partial charge in [0.1, 0.15) is 11.1 Å². The van der Waals surface area contributed by atoms with Crippen LogP contribution in [0.4, 0.5) is 10.1 Å². The average Bonchev–Trinajstić information content (AvgIpc) is 2.26. The van der Waals surface area contributed by atoms with Crippen LogP contribution in [0, 0.1) is 5.82 Å². The molecule has 0 aliphatic heterocycles. The molecule has 1 aromatic rings. The fraction of sp³-hybridized carbons (Fsp3) is 0.417. The largest absolute Gasteiger partial charge is 0.399 e. The molecule has 0 spiro atoms. The fourth-order valence-electron chi connectivity index (χ4n) is 1.37. The summed E-state index contributed by atoms with van der Waals surface area (Å²) in [4.78, 5) is 11.7. The fourth-order valence-corrected chi connectivity index (χ4v) is 2.47.